The minimum Gasteiger partial charge on any atom is -0.354 e. The molecule has 6 nitrogen and oxygen atoms in total. The first kappa shape index (κ1) is 19.0. The number of amides is 4. The molecule has 1 aromatic rings. The van der Waals surface area contributed by atoms with Crippen molar-refractivity contribution in [3.63, 3.8) is 0 Å². The first-order valence-corrected chi connectivity index (χ1v) is 10.2. The van der Waals surface area contributed by atoms with E-state index in [1.807, 2.05) is 24.3 Å². The third kappa shape index (κ3) is 4.32. The molecule has 4 amide bonds. The van der Waals surface area contributed by atoms with E-state index >= 15 is 0 Å². The summed E-state index contributed by atoms with van der Waals surface area (Å²) < 4.78 is 0. The molecule has 140 valence electrons. The maximum absolute atomic E-state index is 12.6. The molecule has 1 saturated heterocycles. The number of urea groups is 1. The molecule has 2 N–H and O–H groups in total. The maximum Gasteiger partial charge on any atom is 0.325 e. The van der Waals surface area contributed by atoms with Crippen molar-refractivity contribution in [3.8, 4) is 0 Å². The topological polar surface area (TPSA) is 78.5 Å². The van der Waals surface area contributed by atoms with Gasteiger partial charge in [0.25, 0.3) is 5.91 Å². The second-order valence-corrected chi connectivity index (χ2v) is 8.22. The first-order chi connectivity index (χ1) is 12.5. The summed E-state index contributed by atoms with van der Waals surface area (Å²) in [5.41, 5.74) is -0.778. The van der Waals surface area contributed by atoms with Gasteiger partial charge in [0.05, 0.1) is 0 Å². The highest BCUT2D eigenvalue weighted by molar-refractivity contribution is 7.99. The number of carbonyl (C=O) groups excluding carboxylic acids is 3. The van der Waals surface area contributed by atoms with Crippen LogP contribution in [0.15, 0.2) is 29.2 Å². The monoisotopic (exact) mass is 395 g/mol. The lowest BCUT2D eigenvalue weighted by Crippen LogP contribution is -2.49. The largest absolute Gasteiger partial charge is 0.354 e. The Morgan fingerprint density at radius 3 is 2.58 bits per heavy atom. The van der Waals surface area contributed by atoms with E-state index in [0.717, 1.165) is 29.1 Å². The summed E-state index contributed by atoms with van der Waals surface area (Å²) in [5.74, 6) is 0.114. The van der Waals surface area contributed by atoms with Crippen LogP contribution in [0.3, 0.4) is 0 Å². The molecule has 0 radical (unpaired) electrons. The number of halogens is 1. The van der Waals surface area contributed by atoms with Crippen LogP contribution < -0.4 is 10.6 Å². The fraction of sp³-hybridized carbons (Fsp3) is 0.500. The van der Waals surface area contributed by atoms with Crippen molar-refractivity contribution in [2.24, 2.45) is 0 Å². The summed E-state index contributed by atoms with van der Waals surface area (Å²) in [4.78, 5) is 39.0. The minimum absolute atomic E-state index is 0.224. The van der Waals surface area contributed by atoms with Crippen LogP contribution in [-0.2, 0) is 9.59 Å². The lowest BCUT2D eigenvalue weighted by Gasteiger charge is -2.30. The zero-order valence-corrected chi connectivity index (χ0v) is 16.0. The van der Waals surface area contributed by atoms with Gasteiger partial charge in [0.2, 0.25) is 5.91 Å². The normalized spacial score (nSPS) is 18.9. The molecule has 26 heavy (non-hydrogen) atoms. The minimum atomic E-state index is -0.778. The fourth-order valence-corrected chi connectivity index (χ4v) is 4.30. The Morgan fingerprint density at radius 1 is 1.19 bits per heavy atom. The molecule has 0 bridgehead atoms. The van der Waals surface area contributed by atoms with Gasteiger partial charge < -0.3 is 10.6 Å². The van der Waals surface area contributed by atoms with Gasteiger partial charge in [-0.15, -0.1) is 11.8 Å². The lowest BCUT2D eigenvalue weighted by molar-refractivity contribution is -0.135. The van der Waals surface area contributed by atoms with Crippen molar-refractivity contribution >= 4 is 41.2 Å². The number of carbonyl (C=O) groups is 3. The molecule has 1 aliphatic heterocycles. The van der Waals surface area contributed by atoms with Gasteiger partial charge in [0.15, 0.2) is 0 Å². The second-order valence-electron chi connectivity index (χ2n) is 6.62. The summed E-state index contributed by atoms with van der Waals surface area (Å²) in [6.45, 7) is 0.235. The molecular weight excluding hydrogens is 374 g/mol. The van der Waals surface area contributed by atoms with E-state index in [4.69, 9.17) is 11.6 Å². The third-order valence-electron chi connectivity index (χ3n) is 4.76. The average molecular weight is 396 g/mol. The van der Waals surface area contributed by atoms with Crippen LogP contribution in [0.5, 0.6) is 0 Å². The summed E-state index contributed by atoms with van der Waals surface area (Å²) in [6.07, 6.45) is 4.25. The number of benzene rings is 1. The molecule has 1 aliphatic carbocycles. The number of rotatable bonds is 6. The van der Waals surface area contributed by atoms with Gasteiger partial charge in [-0.3, -0.25) is 14.5 Å². The van der Waals surface area contributed by atoms with Gasteiger partial charge >= 0.3 is 6.03 Å². The van der Waals surface area contributed by atoms with E-state index in [0.29, 0.717) is 30.2 Å². The smallest absolute Gasteiger partial charge is 0.325 e. The van der Waals surface area contributed by atoms with Crippen LogP contribution >= 0.6 is 23.4 Å². The second kappa shape index (κ2) is 8.31. The zero-order valence-electron chi connectivity index (χ0n) is 14.4. The SMILES string of the molecule is O=C(CN1C(=O)NC2(CCCCC2)C1=O)NCCSc1ccc(Cl)cc1. The molecule has 1 aromatic carbocycles. The van der Waals surface area contributed by atoms with Crippen LogP contribution in [0, 0.1) is 0 Å². The Hall–Kier alpha value is -1.73. The van der Waals surface area contributed by atoms with E-state index in [2.05, 4.69) is 10.6 Å². The van der Waals surface area contributed by atoms with E-state index in [1.54, 1.807) is 11.8 Å². The highest BCUT2D eigenvalue weighted by atomic mass is 35.5. The molecule has 3 rings (SSSR count). The van der Waals surface area contributed by atoms with Gasteiger partial charge in [-0.25, -0.2) is 4.79 Å². The number of nitrogens with zero attached hydrogens (tertiary/aromatic N) is 1. The van der Waals surface area contributed by atoms with Gasteiger partial charge in [0.1, 0.15) is 12.1 Å². The molecule has 0 atom stereocenters. The van der Waals surface area contributed by atoms with Crippen LogP contribution in [-0.4, -0.2) is 47.1 Å². The number of thioether (sulfide) groups is 1. The maximum atomic E-state index is 12.6. The van der Waals surface area contributed by atoms with Crippen LogP contribution in [0.1, 0.15) is 32.1 Å². The predicted molar refractivity (Wildman–Crippen MR) is 101 cm³/mol. The predicted octanol–water partition coefficient (Wildman–Crippen LogP) is 2.80. The molecule has 2 aliphatic rings. The molecule has 0 aromatic heterocycles. The number of imide groups is 1. The van der Waals surface area contributed by atoms with Crippen LogP contribution in [0.4, 0.5) is 4.79 Å². The Kier molecular flexibility index (Phi) is 6.09. The summed E-state index contributed by atoms with van der Waals surface area (Å²) >= 11 is 7.44. The molecular formula is C18H22ClN3O3S. The standard InChI is InChI=1S/C18H22ClN3O3S/c19-13-4-6-14(7-5-13)26-11-10-20-15(23)12-22-16(24)18(21-17(22)25)8-2-1-3-9-18/h4-7H,1-3,8-12H2,(H,20,23)(H,21,25). The van der Waals surface area contributed by atoms with E-state index in [1.165, 1.54) is 0 Å². The van der Waals surface area contributed by atoms with Crippen LogP contribution in [0.25, 0.3) is 0 Å². The van der Waals surface area contributed by atoms with E-state index < -0.39 is 11.6 Å². The first-order valence-electron chi connectivity index (χ1n) is 8.79. The molecule has 1 saturated carbocycles. The van der Waals surface area contributed by atoms with E-state index in [9.17, 15) is 14.4 Å². The van der Waals surface area contributed by atoms with Crippen molar-refractivity contribution in [2.45, 2.75) is 42.5 Å². The van der Waals surface area contributed by atoms with Crippen LogP contribution in [0.2, 0.25) is 5.02 Å². The molecule has 8 heteroatoms. The number of hydrogen-bond donors (Lipinski definition) is 2. The zero-order chi connectivity index (χ0) is 18.6. The fourth-order valence-electron chi connectivity index (χ4n) is 3.40. The highest BCUT2D eigenvalue weighted by Crippen LogP contribution is 2.33. The van der Waals surface area contributed by atoms with Crippen molar-refractivity contribution in [1.82, 2.24) is 15.5 Å². The quantitative estimate of drug-likeness (QED) is 0.441. The van der Waals surface area contributed by atoms with Gasteiger partial charge in [0, 0.05) is 22.2 Å². The Bertz CT molecular complexity index is 689. The number of hydrogen-bond acceptors (Lipinski definition) is 4. The van der Waals surface area contributed by atoms with Gasteiger partial charge in [-0.2, -0.15) is 0 Å². The van der Waals surface area contributed by atoms with Crippen molar-refractivity contribution < 1.29 is 14.4 Å². The Balaban J connectivity index is 1.43. The van der Waals surface area contributed by atoms with Gasteiger partial charge in [-0.05, 0) is 37.1 Å². The molecule has 1 spiro atoms. The lowest BCUT2D eigenvalue weighted by atomic mass is 9.82. The van der Waals surface area contributed by atoms with E-state index in [-0.39, 0.29) is 18.4 Å². The number of nitrogens with one attached hydrogen (secondary N) is 2. The van der Waals surface area contributed by atoms with Crippen molar-refractivity contribution in [2.75, 3.05) is 18.8 Å². The van der Waals surface area contributed by atoms with Gasteiger partial charge in [-0.1, -0.05) is 30.9 Å². The average Bonchev–Trinajstić information content (AvgIpc) is 2.85. The summed E-state index contributed by atoms with van der Waals surface area (Å²) in [6, 6.07) is 7.03. The molecule has 0 unspecified atom stereocenters. The molecule has 2 fully saturated rings. The Morgan fingerprint density at radius 2 is 1.88 bits per heavy atom. The summed E-state index contributed by atoms with van der Waals surface area (Å²) in [5, 5.41) is 6.26. The third-order valence-corrected chi connectivity index (χ3v) is 6.03. The van der Waals surface area contributed by atoms with Crippen molar-refractivity contribution in [3.05, 3.63) is 29.3 Å². The summed E-state index contributed by atoms with van der Waals surface area (Å²) in [7, 11) is 0. The molecule has 1 heterocycles. The highest BCUT2D eigenvalue weighted by Gasteiger charge is 2.51. The van der Waals surface area contributed by atoms with Crippen molar-refractivity contribution in [1.29, 1.82) is 0 Å². The Labute approximate surface area is 162 Å².